The van der Waals surface area contributed by atoms with E-state index in [0.29, 0.717) is 30.5 Å². The molecule has 4 aliphatic rings. The molecule has 182 valence electrons. The van der Waals surface area contributed by atoms with Crippen LogP contribution in [0, 0.1) is 16.7 Å². The zero-order valence-electron chi connectivity index (χ0n) is 20.3. The minimum Gasteiger partial charge on any atom is -0.487 e. The first-order valence-electron chi connectivity index (χ1n) is 12.6. The maximum absolute atomic E-state index is 12.8. The summed E-state index contributed by atoms with van der Waals surface area (Å²) < 4.78 is 11.5. The van der Waals surface area contributed by atoms with Crippen LogP contribution in [0.4, 0.5) is 5.69 Å². The molecule has 6 heteroatoms. The average molecular weight is 490 g/mol. The van der Waals surface area contributed by atoms with E-state index in [1.54, 1.807) is 0 Å². The highest BCUT2D eigenvalue weighted by atomic mass is 32.2. The van der Waals surface area contributed by atoms with Gasteiger partial charge in [0.15, 0.2) is 0 Å². The van der Waals surface area contributed by atoms with E-state index in [4.69, 9.17) is 9.47 Å². The SMILES string of the molecule is CCOC(=O)C1(CCSC)C2CC21CCCc1ccc2c(c1)CO/C2=C1/C(=O)Nc2ccccc21. The molecule has 0 bridgehead atoms. The molecular weight excluding hydrogens is 458 g/mol. The molecule has 2 aromatic rings. The van der Waals surface area contributed by atoms with Gasteiger partial charge in [-0.15, -0.1) is 0 Å². The second-order valence-electron chi connectivity index (χ2n) is 10.2. The number of para-hydroxylation sites is 1. The summed E-state index contributed by atoms with van der Waals surface area (Å²) >= 11 is 1.81. The highest BCUT2D eigenvalue weighted by molar-refractivity contribution is 7.98. The Kier molecular flexibility index (Phi) is 5.48. The van der Waals surface area contributed by atoms with E-state index in [1.165, 1.54) is 12.0 Å². The Labute approximate surface area is 210 Å². The van der Waals surface area contributed by atoms with Crippen molar-refractivity contribution in [2.75, 3.05) is 23.9 Å². The van der Waals surface area contributed by atoms with E-state index in [1.807, 2.05) is 43.0 Å². The lowest BCUT2D eigenvalue weighted by Gasteiger charge is -2.25. The zero-order valence-corrected chi connectivity index (χ0v) is 21.1. The highest BCUT2D eigenvalue weighted by Gasteiger charge is 2.90. The third-order valence-corrected chi connectivity index (χ3v) is 9.20. The molecule has 0 saturated heterocycles. The van der Waals surface area contributed by atoms with Gasteiger partial charge in [0, 0.05) is 22.4 Å². The number of ether oxygens (including phenoxy) is 2. The van der Waals surface area contributed by atoms with Crippen molar-refractivity contribution in [3.63, 3.8) is 0 Å². The van der Waals surface area contributed by atoms with Gasteiger partial charge in [0.05, 0.1) is 17.6 Å². The summed E-state index contributed by atoms with van der Waals surface area (Å²) in [5.74, 6) is 2.16. The van der Waals surface area contributed by atoms with Gasteiger partial charge in [0.1, 0.15) is 12.4 Å². The number of rotatable bonds is 9. The Morgan fingerprint density at radius 1 is 1.20 bits per heavy atom. The van der Waals surface area contributed by atoms with Gasteiger partial charge in [-0.25, -0.2) is 0 Å². The normalized spacial score (nSPS) is 29.1. The first kappa shape index (κ1) is 22.7. The van der Waals surface area contributed by atoms with Crippen LogP contribution in [-0.4, -0.2) is 30.5 Å². The number of anilines is 1. The molecule has 1 amide bonds. The molecule has 1 N–H and O–H groups in total. The second-order valence-corrected chi connectivity index (χ2v) is 11.2. The lowest BCUT2D eigenvalue weighted by atomic mass is 9.82. The smallest absolute Gasteiger partial charge is 0.312 e. The van der Waals surface area contributed by atoms with E-state index in [9.17, 15) is 9.59 Å². The molecule has 35 heavy (non-hydrogen) atoms. The molecule has 2 aliphatic heterocycles. The van der Waals surface area contributed by atoms with Crippen LogP contribution in [0.25, 0.3) is 11.3 Å². The summed E-state index contributed by atoms with van der Waals surface area (Å²) in [6.45, 7) is 2.85. The third kappa shape index (κ3) is 3.36. The summed E-state index contributed by atoms with van der Waals surface area (Å²) in [6.07, 6.45) is 7.38. The summed E-state index contributed by atoms with van der Waals surface area (Å²) in [4.78, 5) is 25.5. The summed E-state index contributed by atoms with van der Waals surface area (Å²) in [6, 6.07) is 14.2. The third-order valence-electron chi connectivity index (χ3n) is 8.59. The number of hydrogen-bond donors (Lipinski definition) is 1. The molecule has 0 aromatic heterocycles. The van der Waals surface area contributed by atoms with Gasteiger partial charge < -0.3 is 14.8 Å². The van der Waals surface area contributed by atoms with Crippen molar-refractivity contribution in [1.82, 2.24) is 0 Å². The molecule has 6 rings (SSSR count). The van der Waals surface area contributed by atoms with Crippen LogP contribution in [0.3, 0.4) is 0 Å². The van der Waals surface area contributed by atoms with Crippen LogP contribution >= 0.6 is 11.8 Å². The predicted molar refractivity (Wildman–Crippen MR) is 139 cm³/mol. The molecule has 3 atom stereocenters. The fourth-order valence-corrected chi connectivity index (χ4v) is 7.24. The standard InChI is InChI=1S/C29H31NO4S/c1-3-33-27(32)29(13-14-35-2)23-16-28(23,29)12-6-7-18-10-11-20-19(15-18)17-34-25(20)24-21-8-4-5-9-22(21)30-26(24)31/h4-5,8-11,15,23H,3,6-7,12-14,16-17H2,1-2H3,(H,30,31)/b25-24+. The van der Waals surface area contributed by atoms with E-state index < -0.39 is 0 Å². The lowest BCUT2D eigenvalue weighted by molar-refractivity contribution is -0.153. The van der Waals surface area contributed by atoms with Crippen molar-refractivity contribution in [2.45, 2.75) is 45.6 Å². The van der Waals surface area contributed by atoms with Crippen LogP contribution < -0.4 is 5.32 Å². The molecular formula is C29H31NO4S. The molecule has 3 unspecified atom stereocenters. The molecule has 2 aliphatic carbocycles. The van der Waals surface area contributed by atoms with Crippen LogP contribution in [0.15, 0.2) is 42.5 Å². The largest absolute Gasteiger partial charge is 0.487 e. The Bertz CT molecular complexity index is 1250. The number of benzene rings is 2. The number of thioether (sulfide) groups is 1. The summed E-state index contributed by atoms with van der Waals surface area (Å²) in [7, 11) is 0. The number of carbonyl (C=O) groups excluding carboxylic acids is 2. The monoisotopic (exact) mass is 489 g/mol. The number of amides is 1. The molecule has 2 aromatic carbocycles. The van der Waals surface area contributed by atoms with Gasteiger partial charge in [-0.3, -0.25) is 9.59 Å². The lowest BCUT2D eigenvalue weighted by Crippen LogP contribution is -2.30. The Morgan fingerprint density at radius 2 is 2.06 bits per heavy atom. The number of nitrogens with one attached hydrogen (secondary N) is 1. The van der Waals surface area contributed by atoms with Crippen molar-refractivity contribution in [2.24, 2.45) is 16.7 Å². The number of aryl methyl sites for hydroxylation is 1. The predicted octanol–water partition coefficient (Wildman–Crippen LogP) is 5.68. The highest BCUT2D eigenvalue weighted by Crippen LogP contribution is 2.91. The van der Waals surface area contributed by atoms with Gasteiger partial charge in [-0.1, -0.05) is 36.4 Å². The molecule has 0 spiro atoms. The van der Waals surface area contributed by atoms with Gasteiger partial charge in [0.25, 0.3) is 5.91 Å². The van der Waals surface area contributed by atoms with Crippen molar-refractivity contribution in [3.05, 3.63) is 64.7 Å². The van der Waals surface area contributed by atoms with Crippen LogP contribution in [0.5, 0.6) is 0 Å². The van der Waals surface area contributed by atoms with Crippen molar-refractivity contribution < 1.29 is 19.1 Å². The topological polar surface area (TPSA) is 64.6 Å². The van der Waals surface area contributed by atoms with E-state index in [0.717, 1.165) is 53.8 Å². The Balaban J connectivity index is 1.15. The van der Waals surface area contributed by atoms with E-state index >= 15 is 0 Å². The average Bonchev–Trinajstić information content (AvgIpc) is 3.58. The minimum atomic E-state index is -0.211. The zero-order chi connectivity index (χ0) is 24.2. The van der Waals surface area contributed by atoms with E-state index in [-0.39, 0.29) is 22.7 Å². The van der Waals surface area contributed by atoms with Gasteiger partial charge in [-0.05, 0) is 74.0 Å². The van der Waals surface area contributed by atoms with Crippen molar-refractivity contribution in [1.29, 1.82) is 0 Å². The summed E-state index contributed by atoms with van der Waals surface area (Å²) in [5, 5.41) is 2.94. The van der Waals surface area contributed by atoms with Gasteiger partial charge in [-0.2, -0.15) is 11.8 Å². The number of hydrogen-bond acceptors (Lipinski definition) is 5. The molecule has 2 heterocycles. The van der Waals surface area contributed by atoms with Gasteiger partial charge >= 0.3 is 5.97 Å². The number of fused-ring (bicyclic) bond motifs is 3. The molecule has 0 radical (unpaired) electrons. The maximum Gasteiger partial charge on any atom is 0.312 e. The molecule has 2 saturated carbocycles. The summed E-state index contributed by atoms with van der Waals surface area (Å²) in [5.41, 5.74) is 5.78. The van der Waals surface area contributed by atoms with Crippen LogP contribution in [0.1, 0.15) is 54.9 Å². The maximum atomic E-state index is 12.8. The quantitative estimate of drug-likeness (QED) is 0.363. The second kappa shape index (κ2) is 8.44. The van der Waals surface area contributed by atoms with Crippen LogP contribution in [-0.2, 0) is 32.1 Å². The first-order chi connectivity index (χ1) is 17.1. The molecule has 5 nitrogen and oxygen atoms in total. The fourth-order valence-electron chi connectivity index (χ4n) is 6.71. The first-order valence-corrected chi connectivity index (χ1v) is 14.0. The Morgan fingerprint density at radius 3 is 2.86 bits per heavy atom. The number of esters is 1. The van der Waals surface area contributed by atoms with Crippen molar-refractivity contribution >= 4 is 40.7 Å². The number of carbonyl (C=O) groups is 2. The van der Waals surface area contributed by atoms with Crippen molar-refractivity contribution in [3.8, 4) is 0 Å². The minimum absolute atomic E-state index is 0.0399. The van der Waals surface area contributed by atoms with Crippen LogP contribution in [0.2, 0.25) is 0 Å². The molecule has 2 fully saturated rings. The fraction of sp³-hybridized carbons (Fsp3) is 0.448. The Hall–Kier alpha value is -2.73. The van der Waals surface area contributed by atoms with E-state index in [2.05, 4.69) is 29.8 Å². The van der Waals surface area contributed by atoms with Gasteiger partial charge in [0.2, 0.25) is 0 Å².